The molecule has 2 rings (SSSR count). The largest absolute Gasteiger partial charge is 0.484 e. The van der Waals surface area contributed by atoms with Crippen molar-refractivity contribution >= 4 is 23.2 Å². The maximum atomic E-state index is 12.8. The van der Waals surface area contributed by atoms with Crippen LogP contribution in [0.2, 0.25) is 0 Å². The maximum absolute atomic E-state index is 12.8. The van der Waals surface area contributed by atoms with E-state index in [2.05, 4.69) is 6.58 Å². The Balaban J connectivity index is 2.09. The van der Waals surface area contributed by atoms with Crippen LogP contribution >= 0.6 is 11.3 Å². The number of hydrogen-bond donors (Lipinski definition) is 0. The summed E-state index contributed by atoms with van der Waals surface area (Å²) in [6, 6.07) is 10.9. The van der Waals surface area contributed by atoms with Gasteiger partial charge in [0.15, 0.2) is 6.61 Å². The monoisotopic (exact) mass is 358 g/mol. The van der Waals surface area contributed by atoms with Crippen molar-refractivity contribution in [1.29, 1.82) is 0 Å². The Kier molecular flexibility index (Phi) is 6.77. The van der Waals surface area contributed by atoms with E-state index in [1.807, 2.05) is 17.5 Å². The number of hydrogen-bond acceptors (Lipinski definition) is 4. The minimum absolute atomic E-state index is 0.0593. The molecule has 1 aromatic carbocycles. The third-order valence-electron chi connectivity index (χ3n) is 3.51. The van der Waals surface area contributed by atoms with Gasteiger partial charge in [0.25, 0.3) is 11.8 Å². The Hall–Kier alpha value is -2.60. The molecular weight excluding hydrogens is 336 g/mol. The molecule has 0 aliphatic carbocycles. The lowest BCUT2D eigenvalue weighted by molar-refractivity contribution is -0.130. The number of benzene rings is 1. The molecule has 132 valence electrons. The van der Waals surface area contributed by atoms with E-state index in [0.717, 1.165) is 4.88 Å². The number of likely N-dealkylation sites (N-methyl/N-ethyl adjacent to an activating group) is 1. The quantitative estimate of drug-likeness (QED) is 0.682. The molecule has 1 aromatic heterocycles. The number of carbonyl (C=O) groups excluding carboxylic acids is 2. The Bertz CT molecular complexity index is 726. The van der Waals surface area contributed by atoms with Gasteiger partial charge < -0.3 is 14.5 Å². The van der Waals surface area contributed by atoms with E-state index >= 15 is 0 Å². The van der Waals surface area contributed by atoms with E-state index < -0.39 is 0 Å². The van der Waals surface area contributed by atoms with Crippen LogP contribution in [0.3, 0.4) is 0 Å². The van der Waals surface area contributed by atoms with Crippen molar-refractivity contribution in [3.05, 3.63) is 64.9 Å². The van der Waals surface area contributed by atoms with Crippen molar-refractivity contribution < 1.29 is 14.3 Å². The van der Waals surface area contributed by atoms with Crippen LogP contribution in [0.25, 0.3) is 0 Å². The van der Waals surface area contributed by atoms with Crippen LogP contribution in [0.1, 0.15) is 15.2 Å². The second kappa shape index (κ2) is 9.03. The second-order valence-electron chi connectivity index (χ2n) is 5.66. The topological polar surface area (TPSA) is 49.9 Å². The Labute approximate surface area is 152 Å². The molecule has 0 saturated heterocycles. The van der Waals surface area contributed by atoms with Gasteiger partial charge in [0.2, 0.25) is 0 Å². The van der Waals surface area contributed by atoms with Crippen LogP contribution in [-0.4, -0.2) is 48.9 Å². The predicted molar refractivity (Wildman–Crippen MR) is 99.9 cm³/mol. The number of carbonyl (C=O) groups is 2. The van der Waals surface area contributed by atoms with Gasteiger partial charge in [0.1, 0.15) is 5.75 Å². The molecule has 0 saturated carbocycles. The number of ether oxygens (including phenoxy) is 1. The number of nitrogens with zero attached hydrogens (tertiary/aromatic N) is 2. The van der Waals surface area contributed by atoms with Gasteiger partial charge in [-0.1, -0.05) is 18.2 Å². The molecule has 0 spiro atoms. The first-order chi connectivity index (χ1) is 12.0. The third-order valence-corrected chi connectivity index (χ3v) is 4.37. The highest BCUT2D eigenvalue weighted by atomic mass is 32.1. The van der Waals surface area contributed by atoms with Gasteiger partial charge in [-0.2, -0.15) is 0 Å². The molecule has 1 heterocycles. The number of rotatable bonds is 8. The summed E-state index contributed by atoms with van der Waals surface area (Å²) in [5.74, 6) is 0.260. The van der Waals surface area contributed by atoms with Crippen molar-refractivity contribution in [2.45, 2.75) is 6.54 Å². The molecule has 5 nitrogen and oxygen atoms in total. The lowest BCUT2D eigenvalue weighted by atomic mass is 10.2. The highest BCUT2D eigenvalue weighted by Crippen LogP contribution is 2.18. The minimum Gasteiger partial charge on any atom is -0.484 e. The van der Waals surface area contributed by atoms with Crippen molar-refractivity contribution in [3.8, 4) is 5.75 Å². The van der Waals surface area contributed by atoms with Crippen molar-refractivity contribution in [3.63, 3.8) is 0 Å². The zero-order chi connectivity index (χ0) is 18.2. The van der Waals surface area contributed by atoms with Gasteiger partial charge in [-0.05, 0) is 29.6 Å². The average molecular weight is 358 g/mol. The van der Waals surface area contributed by atoms with Gasteiger partial charge >= 0.3 is 0 Å². The molecule has 0 atom stereocenters. The van der Waals surface area contributed by atoms with E-state index in [-0.39, 0.29) is 18.4 Å². The van der Waals surface area contributed by atoms with Gasteiger partial charge in [-0.15, -0.1) is 17.9 Å². The summed E-state index contributed by atoms with van der Waals surface area (Å²) in [7, 11) is 3.34. The zero-order valence-corrected chi connectivity index (χ0v) is 15.3. The zero-order valence-electron chi connectivity index (χ0n) is 14.5. The van der Waals surface area contributed by atoms with Gasteiger partial charge in [0.05, 0.1) is 6.54 Å². The molecule has 0 bridgehead atoms. The Morgan fingerprint density at radius 3 is 2.68 bits per heavy atom. The average Bonchev–Trinajstić information content (AvgIpc) is 3.12. The molecular formula is C19H22N2O3S. The summed E-state index contributed by atoms with van der Waals surface area (Å²) in [5, 5.41) is 1.99. The molecule has 2 aromatic rings. The fourth-order valence-electron chi connectivity index (χ4n) is 2.14. The smallest absolute Gasteiger partial charge is 0.259 e. The standard InChI is InChI=1S/C19H22N2O3S/c1-4-10-21(13-17-9-6-11-25-17)19(23)15-7-5-8-16(12-15)24-14-18(22)20(2)3/h4-9,11-12H,1,10,13-14H2,2-3H3. The fourth-order valence-corrected chi connectivity index (χ4v) is 2.86. The number of amides is 2. The molecule has 0 aliphatic rings. The van der Waals surface area contributed by atoms with Crippen LogP contribution in [0.4, 0.5) is 0 Å². The van der Waals surface area contributed by atoms with E-state index in [9.17, 15) is 9.59 Å². The molecule has 2 amide bonds. The van der Waals surface area contributed by atoms with Gasteiger partial charge in [-0.3, -0.25) is 9.59 Å². The van der Waals surface area contributed by atoms with E-state index in [4.69, 9.17) is 4.74 Å². The maximum Gasteiger partial charge on any atom is 0.259 e. The normalized spacial score (nSPS) is 10.2. The van der Waals surface area contributed by atoms with Crippen molar-refractivity contribution in [2.75, 3.05) is 27.2 Å². The van der Waals surface area contributed by atoms with Gasteiger partial charge in [0, 0.05) is 31.1 Å². The molecule has 0 radical (unpaired) electrons. The molecule has 6 heteroatoms. The minimum atomic E-state index is -0.136. The van der Waals surface area contributed by atoms with Crippen LogP contribution < -0.4 is 4.74 Å². The first-order valence-electron chi connectivity index (χ1n) is 7.87. The second-order valence-corrected chi connectivity index (χ2v) is 6.69. The molecule has 0 N–H and O–H groups in total. The van der Waals surface area contributed by atoms with E-state index in [1.54, 1.807) is 60.7 Å². The Morgan fingerprint density at radius 1 is 1.24 bits per heavy atom. The summed E-state index contributed by atoms with van der Waals surface area (Å²) in [6.45, 7) is 4.67. The lowest BCUT2D eigenvalue weighted by Gasteiger charge is -2.21. The molecule has 0 aliphatic heterocycles. The summed E-state index contributed by atoms with van der Waals surface area (Å²) < 4.78 is 5.49. The van der Waals surface area contributed by atoms with E-state index in [0.29, 0.717) is 24.4 Å². The highest BCUT2D eigenvalue weighted by molar-refractivity contribution is 7.09. The van der Waals surface area contributed by atoms with Crippen LogP contribution in [0, 0.1) is 0 Å². The molecule has 25 heavy (non-hydrogen) atoms. The van der Waals surface area contributed by atoms with Crippen LogP contribution in [0.5, 0.6) is 5.75 Å². The van der Waals surface area contributed by atoms with Crippen molar-refractivity contribution in [2.24, 2.45) is 0 Å². The van der Waals surface area contributed by atoms with Gasteiger partial charge in [-0.25, -0.2) is 0 Å². The predicted octanol–water partition coefficient (Wildman–Crippen LogP) is 3.04. The molecule has 0 fully saturated rings. The first kappa shape index (κ1) is 18.7. The first-order valence-corrected chi connectivity index (χ1v) is 8.74. The summed E-state index contributed by atoms with van der Waals surface area (Å²) in [6.07, 6.45) is 1.71. The lowest BCUT2D eigenvalue weighted by Crippen LogP contribution is -2.30. The molecule has 0 unspecified atom stereocenters. The summed E-state index contributed by atoms with van der Waals surface area (Å²) in [5.41, 5.74) is 0.521. The SMILES string of the molecule is C=CCN(Cc1cccs1)C(=O)c1cccc(OCC(=O)N(C)C)c1. The van der Waals surface area contributed by atoms with Crippen molar-refractivity contribution in [1.82, 2.24) is 9.80 Å². The van der Waals surface area contributed by atoms with E-state index in [1.165, 1.54) is 4.90 Å². The summed E-state index contributed by atoms with van der Waals surface area (Å²) >= 11 is 1.61. The fraction of sp³-hybridized carbons (Fsp3) is 0.263. The number of thiophene rings is 1. The Morgan fingerprint density at radius 2 is 2.04 bits per heavy atom. The van der Waals surface area contributed by atoms with Crippen LogP contribution in [-0.2, 0) is 11.3 Å². The highest BCUT2D eigenvalue weighted by Gasteiger charge is 2.16. The van der Waals surface area contributed by atoms with Crippen LogP contribution in [0.15, 0.2) is 54.4 Å². The summed E-state index contributed by atoms with van der Waals surface area (Å²) in [4.78, 5) is 28.7. The third kappa shape index (κ3) is 5.46.